The predicted octanol–water partition coefficient (Wildman–Crippen LogP) is 3.99. The number of carboxylic acid groups (broad SMARTS) is 1. The Bertz CT molecular complexity index is 1320. The van der Waals surface area contributed by atoms with Crippen molar-refractivity contribution in [1.29, 1.82) is 0 Å². The topological polar surface area (TPSA) is 92.2 Å². The highest BCUT2D eigenvalue weighted by Gasteiger charge is 2.25. The number of carboxylic acids is 1. The van der Waals surface area contributed by atoms with Crippen LogP contribution >= 0.6 is 11.3 Å². The molecule has 2 aromatic carbocycles. The fourth-order valence-corrected chi connectivity index (χ4v) is 4.52. The van der Waals surface area contributed by atoms with Crippen LogP contribution in [0.2, 0.25) is 0 Å². The minimum absolute atomic E-state index is 0.137. The van der Waals surface area contributed by atoms with Crippen molar-refractivity contribution in [3.05, 3.63) is 91.9 Å². The lowest BCUT2D eigenvalue weighted by Gasteiger charge is -2.15. The molecule has 2 heterocycles. The molecule has 0 saturated heterocycles. The van der Waals surface area contributed by atoms with Crippen molar-refractivity contribution >= 4 is 27.5 Å². The molecule has 0 aliphatic carbocycles. The fourth-order valence-electron chi connectivity index (χ4n) is 3.57. The number of aromatic nitrogens is 2. The van der Waals surface area contributed by atoms with Gasteiger partial charge < -0.3 is 5.11 Å². The number of hydrogen-bond acceptors (Lipinski definition) is 4. The fraction of sp³-hybridized carbons (Fsp3) is 0.174. The van der Waals surface area contributed by atoms with Gasteiger partial charge in [0, 0.05) is 10.9 Å². The Kier molecular flexibility index (Phi) is 5.37. The van der Waals surface area contributed by atoms with Crippen molar-refractivity contribution in [2.24, 2.45) is 0 Å². The standard InChI is InChI=1S/C23H20N2O4S/c1-14-7-9-15(10-8-14)11-12-18(22(27)28)25-21(26)19-17(16-5-3-2-4-6-16)13-30-20(19)24-23(25)29/h2-10,13,18H,11-12H2,1H3,(H,24,29)(H,27,28). The number of carbonyl (C=O) groups is 1. The molecule has 2 N–H and O–H groups in total. The maximum atomic E-state index is 13.3. The molecule has 0 radical (unpaired) electrons. The van der Waals surface area contributed by atoms with Crippen LogP contribution in [0.4, 0.5) is 0 Å². The van der Waals surface area contributed by atoms with Crippen LogP contribution in [0.5, 0.6) is 0 Å². The minimum atomic E-state index is -1.25. The third kappa shape index (κ3) is 3.71. The molecule has 0 aliphatic rings. The number of aliphatic carboxylic acids is 1. The van der Waals surface area contributed by atoms with Crippen molar-refractivity contribution in [2.75, 3.05) is 0 Å². The van der Waals surface area contributed by atoms with Crippen LogP contribution in [0.3, 0.4) is 0 Å². The number of H-pyrrole nitrogens is 1. The summed E-state index contributed by atoms with van der Waals surface area (Å²) in [6.07, 6.45) is 0.577. The molecule has 0 aliphatic heterocycles. The van der Waals surface area contributed by atoms with Crippen LogP contribution < -0.4 is 11.2 Å². The molecule has 0 amide bonds. The van der Waals surface area contributed by atoms with Crippen LogP contribution in [-0.4, -0.2) is 20.6 Å². The van der Waals surface area contributed by atoms with E-state index in [4.69, 9.17) is 0 Å². The molecular formula is C23H20N2O4S. The Morgan fingerprint density at radius 3 is 2.47 bits per heavy atom. The quantitative estimate of drug-likeness (QED) is 0.493. The third-order valence-electron chi connectivity index (χ3n) is 5.17. The molecular weight excluding hydrogens is 400 g/mol. The van der Waals surface area contributed by atoms with Gasteiger partial charge in [-0.2, -0.15) is 0 Å². The molecule has 4 rings (SSSR count). The van der Waals surface area contributed by atoms with Gasteiger partial charge in [-0.05, 0) is 30.9 Å². The van der Waals surface area contributed by atoms with Gasteiger partial charge in [0.1, 0.15) is 10.9 Å². The Morgan fingerprint density at radius 1 is 1.10 bits per heavy atom. The van der Waals surface area contributed by atoms with E-state index < -0.39 is 23.3 Å². The van der Waals surface area contributed by atoms with E-state index in [1.807, 2.05) is 66.9 Å². The van der Waals surface area contributed by atoms with Crippen molar-refractivity contribution in [3.63, 3.8) is 0 Å². The van der Waals surface area contributed by atoms with Crippen LogP contribution in [0, 0.1) is 6.92 Å². The summed E-state index contributed by atoms with van der Waals surface area (Å²) < 4.78 is 0.845. The first-order valence-electron chi connectivity index (χ1n) is 9.55. The molecule has 6 nitrogen and oxygen atoms in total. The summed E-state index contributed by atoms with van der Waals surface area (Å²) in [4.78, 5) is 41.1. The summed E-state index contributed by atoms with van der Waals surface area (Å²) in [7, 11) is 0. The molecule has 4 aromatic rings. The molecule has 30 heavy (non-hydrogen) atoms. The second-order valence-electron chi connectivity index (χ2n) is 7.20. The van der Waals surface area contributed by atoms with Crippen LogP contribution in [-0.2, 0) is 11.2 Å². The number of fused-ring (bicyclic) bond motifs is 1. The molecule has 0 fully saturated rings. The Labute approximate surface area is 176 Å². The van der Waals surface area contributed by atoms with Gasteiger partial charge in [-0.15, -0.1) is 11.3 Å². The van der Waals surface area contributed by atoms with E-state index >= 15 is 0 Å². The average Bonchev–Trinajstić information content (AvgIpc) is 3.16. The summed E-state index contributed by atoms with van der Waals surface area (Å²) in [6.45, 7) is 1.98. The van der Waals surface area contributed by atoms with E-state index in [1.54, 1.807) is 0 Å². The largest absolute Gasteiger partial charge is 0.480 e. The Morgan fingerprint density at radius 2 is 1.80 bits per heavy atom. The lowest BCUT2D eigenvalue weighted by molar-refractivity contribution is -0.141. The van der Waals surface area contributed by atoms with Crippen LogP contribution in [0.15, 0.2) is 69.6 Å². The highest BCUT2D eigenvalue weighted by atomic mass is 32.1. The molecule has 0 saturated carbocycles. The summed E-state index contributed by atoms with van der Waals surface area (Å²) in [6, 6.07) is 15.9. The zero-order valence-corrected chi connectivity index (χ0v) is 17.1. The monoisotopic (exact) mass is 420 g/mol. The van der Waals surface area contributed by atoms with Gasteiger partial charge in [0.2, 0.25) is 0 Å². The first-order chi connectivity index (χ1) is 14.5. The maximum absolute atomic E-state index is 13.3. The van der Waals surface area contributed by atoms with Crippen molar-refractivity contribution in [3.8, 4) is 11.1 Å². The second-order valence-corrected chi connectivity index (χ2v) is 8.08. The molecule has 0 spiro atoms. The predicted molar refractivity (Wildman–Crippen MR) is 118 cm³/mol. The Balaban J connectivity index is 1.79. The maximum Gasteiger partial charge on any atom is 0.330 e. The van der Waals surface area contributed by atoms with Crippen LogP contribution in [0.25, 0.3) is 21.3 Å². The molecule has 1 atom stereocenters. The number of nitrogens with zero attached hydrogens (tertiary/aromatic N) is 1. The van der Waals surface area contributed by atoms with Gasteiger partial charge in [-0.3, -0.25) is 9.78 Å². The van der Waals surface area contributed by atoms with Gasteiger partial charge in [-0.1, -0.05) is 60.2 Å². The van der Waals surface area contributed by atoms with Crippen molar-refractivity contribution in [2.45, 2.75) is 25.8 Å². The summed E-state index contributed by atoms with van der Waals surface area (Å²) in [5.74, 6) is -1.20. The number of hydrogen-bond donors (Lipinski definition) is 2. The van der Waals surface area contributed by atoms with Crippen molar-refractivity contribution in [1.82, 2.24) is 9.55 Å². The zero-order chi connectivity index (χ0) is 21.3. The highest BCUT2D eigenvalue weighted by molar-refractivity contribution is 7.17. The lowest BCUT2D eigenvalue weighted by atomic mass is 10.0. The van der Waals surface area contributed by atoms with E-state index in [9.17, 15) is 19.5 Å². The van der Waals surface area contributed by atoms with Gasteiger partial charge in [-0.25, -0.2) is 14.2 Å². The van der Waals surface area contributed by atoms with Crippen LogP contribution in [0.1, 0.15) is 23.6 Å². The SMILES string of the molecule is Cc1ccc(CCC(C(=O)O)n2c(=O)[nH]c3scc(-c4ccccc4)c3c2=O)cc1. The van der Waals surface area contributed by atoms with E-state index in [1.165, 1.54) is 11.3 Å². The number of aromatic amines is 1. The first kappa shape index (κ1) is 19.8. The molecule has 1 unspecified atom stereocenters. The minimum Gasteiger partial charge on any atom is -0.480 e. The molecule has 7 heteroatoms. The number of benzene rings is 2. The zero-order valence-electron chi connectivity index (χ0n) is 16.3. The summed E-state index contributed by atoms with van der Waals surface area (Å²) in [5, 5.41) is 11.9. The average molecular weight is 420 g/mol. The van der Waals surface area contributed by atoms with E-state index in [-0.39, 0.29) is 6.42 Å². The number of aryl methyl sites for hydroxylation is 2. The van der Waals surface area contributed by atoms with Gasteiger partial charge in [0.25, 0.3) is 5.56 Å². The van der Waals surface area contributed by atoms with E-state index in [2.05, 4.69) is 4.98 Å². The summed E-state index contributed by atoms with van der Waals surface area (Å²) >= 11 is 1.26. The van der Waals surface area contributed by atoms with Gasteiger partial charge in [0.15, 0.2) is 0 Å². The molecule has 2 aromatic heterocycles. The smallest absolute Gasteiger partial charge is 0.330 e. The highest BCUT2D eigenvalue weighted by Crippen LogP contribution is 2.30. The Hall–Kier alpha value is -3.45. The number of thiophene rings is 1. The normalized spacial score (nSPS) is 12.2. The first-order valence-corrected chi connectivity index (χ1v) is 10.4. The molecule has 152 valence electrons. The van der Waals surface area contributed by atoms with Gasteiger partial charge >= 0.3 is 11.7 Å². The lowest BCUT2D eigenvalue weighted by Crippen LogP contribution is -2.41. The second kappa shape index (κ2) is 8.12. The number of nitrogens with one attached hydrogen (secondary N) is 1. The third-order valence-corrected chi connectivity index (χ3v) is 6.07. The van der Waals surface area contributed by atoms with E-state index in [0.29, 0.717) is 22.2 Å². The van der Waals surface area contributed by atoms with Gasteiger partial charge in [0.05, 0.1) is 5.39 Å². The summed E-state index contributed by atoms with van der Waals surface area (Å²) in [5.41, 5.74) is 2.31. The van der Waals surface area contributed by atoms with Crippen molar-refractivity contribution < 1.29 is 9.90 Å². The van der Waals surface area contributed by atoms with E-state index in [0.717, 1.165) is 21.3 Å². The number of rotatable bonds is 6. The molecule has 0 bridgehead atoms.